The lowest BCUT2D eigenvalue weighted by molar-refractivity contribution is -0.120. The Bertz CT molecular complexity index is 564. The number of amides is 1. The molecule has 0 bridgehead atoms. The van der Waals surface area contributed by atoms with Gasteiger partial charge in [0.1, 0.15) is 6.04 Å². The van der Waals surface area contributed by atoms with Crippen LogP contribution in [0.4, 0.5) is 0 Å². The van der Waals surface area contributed by atoms with Crippen LogP contribution < -0.4 is 11.1 Å². The summed E-state index contributed by atoms with van der Waals surface area (Å²) in [5.41, 5.74) is 6.40. The lowest BCUT2D eigenvalue weighted by Gasteiger charge is -2.17. The summed E-state index contributed by atoms with van der Waals surface area (Å²) in [7, 11) is 1.62. The predicted octanol–water partition coefficient (Wildman–Crippen LogP) is 1.60. The van der Waals surface area contributed by atoms with Crippen molar-refractivity contribution in [2.75, 3.05) is 20.3 Å². The molecule has 0 aromatic heterocycles. The second-order valence-corrected chi connectivity index (χ2v) is 4.35. The zero-order valence-electron chi connectivity index (χ0n) is 10.9. The van der Waals surface area contributed by atoms with Crippen molar-refractivity contribution in [2.45, 2.75) is 6.04 Å². The second kappa shape index (κ2) is 6.31. The molecular weight excluding hydrogens is 240 g/mol. The van der Waals surface area contributed by atoms with E-state index in [4.69, 9.17) is 10.5 Å². The van der Waals surface area contributed by atoms with Crippen LogP contribution in [-0.4, -0.2) is 26.2 Å². The van der Waals surface area contributed by atoms with E-state index in [0.717, 1.165) is 16.3 Å². The predicted molar refractivity (Wildman–Crippen MR) is 75.8 cm³/mol. The number of rotatable bonds is 6. The van der Waals surface area contributed by atoms with Crippen LogP contribution in [0.25, 0.3) is 10.8 Å². The Morgan fingerprint density at radius 2 is 2.00 bits per heavy atom. The van der Waals surface area contributed by atoms with Gasteiger partial charge in [-0.1, -0.05) is 42.5 Å². The topological polar surface area (TPSA) is 64.3 Å². The molecule has 0 aliphatic heterocycles. The van der Waals surface area contributed by atoms with Gasteiger partial charge in [-0.25, -0.2) is 0 Å². The molecule has 2 rings (SSSR count). The molecule has 1 amide bonds. The first kappa shape index (κ1) is 13.5. The molecule has 2 aromatic rings. The highest BCUT2D eigenvalue weighted by Gasteiger charge is 2.18. The first-order valence-electron chi connectivity index (χ1n) is 6.23. The van der Waals surface area contributed by atoms with Crippen molar-refractivity contribution in [3.05, 3.63) is 48.0 Å². The molecule has 0 saturated carbocycles. The Hall–Kier alpha value is -1.91. The Morgan fingerprint density at radius 1 is 1.26 bits per heavy atom. The number of primary amides is 1. The molecule has 100 valence electrons. The fourth-order valence-corrected chi connectivity index (χ4v) is 2.17. The highest BCUT2D eigenvalue weighted by molar-refractivity contribution is 5.92. The van der Waals surface area contributed by atoms with Crippen LogP contribution in [0.3, 0.4) is 0 Å². The molecule has 4 nitrogen and oxygen atoms in total. The quantitative estimate of drug-likeness (QED) is 0.774. The number of carbonyl (C=O) groups is 1. The van der Waals surface area contributed by atoms with Crippen LogP contribution in [0.2, 0.25) is 0 Å². The molecule has 1 atom stereocenters. The van der Waals surface area contributed by atoms with Crippen LogP contribution in [0, 0.1) is 0 Å². The molecule has 0 aliphatic rings. The molecule has 0 fully saturated rings. The van der Waals surface area contributed by atoms with E-state index in [1.165, 1.54) is 0 Å². The van der Waals surface area contributed by atoms with Gasteiger partial charge in [-0.3, -0.25) is 10.1 Å². The van der Waals surface area contributed by atoms with E-state index in [1.54, 1.807) is 7.11 Å². The van der Waals surface area contributed by atoms with Crippen molar-refractivity contribution in [1.82, 2.24) is 5.32 Å². The maximum absolute atomic E-state index is 11.7. The van der Waals surface area contributed by atoms with E-state index in [-0.39, 0.29) is 5.91 Å². The van der Waals surface area contributed by atoms with Crippen molar-refractivity contribution in [2.24, 2.45) is 5.73 Å². The third-order valence-corrected chi connectivity index (χ3v) is 3.07. The maximum Gasteiger partial charge on any atom is 0.239 e. The summed E-state index contributed by atoms with van der Waals surface area (Å²) >= 11 is 0. The number of fused-ring (bicyclic) bond motifs is 1. The molecule has 4 heteroatoms. The molecule has 1 unspecified atom stereocenters. The van der Waals surface area contributed by atoms with E-state index < -0.39 is 6.04 Å². The van der Waals surface area contributed by atoms with E-state index in [1.807, 2.05) is 42.5 Å². The van der Waals surface area contributed by atoms with E-state index in [0.29, 0.717) is 13.2 Å². The fourth-order valence-electron chi connectivity index (χ4n) is 2.17. The van der Waals surface area contributed by atoms with E-state index in [2.05, 4.69) is 5.32 Å². The Balaban J connectivity index is 2.36. The summed E-state index contributed by atoms with van der Waals surface area (Å²) in [4.78, 5) is 11.7. The number of ether oxygens (including phenoxy) is 1. The number of nitrogens with two attached hydrogens (primary N) is 1. The summed E-state index contributed by atoms with van der Waals surface area (Å²) in [6, 6.07) is 13.3. The van der Waals surface area contributed by atoms with Crippen molar-refractivity contribution in [1.29, 1.82) is 0 Å². The lowest BCUT2D eigenvalue weighted by atomic mass is 9.98. The zero-order chi connectivity index (χ0) is 13.7. The summed E-state index contributed by atoms with van der Waals surface area (Å²) in [5, 5.41) is 5.27. The number of hydrogen-bond donors (Lipinski definition) is 2. The molecule has 2 aromatic carbocycles. The highest BCUT2D eigenvalue weighted by atomic mass is 16.5. The standard InChI is InChI=1S/C15H18N2O2/c1-19-10-9-17-14(15(16)18)13-8-4-6-11-5-2-3-7-12(11)13/h2-8,14,17H,9-10H2,1H3,(H2,16,18). The van der Waals surface area contributed by atoms with Gasteiger partial charge in [0, 0.05) is 13.7 Å². The zero-order valence-corrected chi connectivity index (χ0v) is 10.9. The van der Waals surface area contributed by atoms with Crippen LogP contribution in [0.5, 0.6) is 0 Å². The minimum Gasteiger partial charge on any atom is -0.383 e. The van der Waals surface area contributed by atoms with Crippen LogP contribution >= 0.6 is 0 Å². The molecule has 0 radical (unpaired) electrons. The van der Waals surface area contributed by atoms with Gasteiger partial charge in [-0.15, -0.1) is 0 Å². The molecule has 0 spiro atoms. The van der Waals surface area contributed by atoms with Gasteiger partial charge in [0.15, 0.2) is 0 Å². The lowest BCUT2D eigenvalue weighted by Crippen LogP contribution is -2.35. The van der Waals surface area contributed by atoms with Crippen LogP contribution in [-0.2, 0) is 9.53 Å². The fraction of sp³-hybridized carbons (Fsp3) is 0.267. The van der Waals surface area contributed by atoms with Crippen LogP contribution in [0.1, 0.15) is 11.6 Å². The molecule has 0 heterocycles. The van der Waals surface area contributed by atoms with E-state index >= 15 is 0 Å². The van der Waals surface area contributed by atoms with E-state index in [9.17, 15) is 4.79 Å². The van der Waals surface area contributed by atoms with Crippen molar-refractivity contribution in [3.8, 4) is 0 Å². The van der Waals surface area contributed by atoms with Crippen molar-refractivity contribution >= 4 is 16.7 Å². The number of methoxy groups -OCH3 is 1. The third kappa shape index (κ3) is 3.10. The summed E-state index contributed by atoms with van der Waals surface area (Å²) in [6.07, 6.45) is 0. The smallest absolute Gasteiger partial charge is 0.239 e. The summed E-state index contributed by atoms with van der Waals surface area (Å²) in [5.74, 6) is -0.382. The van der Waals surface area contributed by atoms with Gasteiger partial charge in [0.25, 0.3) is 0 Å². The average Bonchev–Trinajstić information content (AvgIpc) is 2.43. The largest absolute Gasteiger partial charge is 0.383 e. The van der Waals surface area contributed by atoms with Crippen LogP contribution in [0.15, 0.2) is 42.5 Å². The summed E-state index contributed by atoms with van der Waals surface area (Å²) in [6.45, 7) is 1.11. The minimum absolute atomic E-state index is 0.382. The SMILES string of the molecule is COCCNC(C(N)=O)c1cccc2ccccc12. The first-order chi connectivity index (χ1) is 9.24. The number of nitrogens with one attached hydrogen (secondary N) is 1. The number of benzene rings is 2. The molecular formula is C15H18N2O2. The number of carbonyl (C=O) groups excluding carboxylic acids is 1. The second-order valence-electron chi connectivity index (χ2n) is 4.35. The minimum atomic E-state index is -0.499. The van der Waals surface area contributed by atoms with Gasteiger partial charge in [0.2, 0.25) is 5.91 Å². The summed E-state index contributed by atoms with van der Waals surface area (Å²) < 4.78 is 4.98. The molecule has 0 aliphatic carbocycles. The monoisotopic (exact) mass is 258 g/mol. The van der Waals surface area contributed by atoms with Gasteiger partial charge in [-0.2, -0.15) is 0 Å². The van der Waals surface area contributed by atoms with Crippen molar-refractivity contribution in [3.63, 3.8) is 0 Å². The van der Waals surface area contributed by atoms with Gasteiger partial charge < -0.3 is 10.5 Å². The van der Waals surface area contributed by atoms with Gasteiger partial charge in [0.05, 0.1) is 6.61 Å². The number of hydrogen-bond acceptors (Lipinski definition) is 3. The molecule has 19 heavy (non-hydrogen) atoms. The van der Waals surface area contributed by atoms with Crippen molar-refractivity contribution < 1.29 is 9.53 Å². The third-order valence-electron chi connectivity index (χ3n) is 3.07. The molecule has 3 N–H and O–H groups in total. The van der Waals surface area contributed by atoms with Gasteiger partial charge in [-0.05, 0) is 16.3 Å². The Morgan fingerprint density at radius 3 is 2.74 bits per heavy atom. The normalized spacial score (nSPS) is 12.5. The maximum atomic E-state index is 11.7. The Labute approximate surface area is 112 Å². The Kier molecular flexibility index (Phi) is 4.49. The first-order valence-corrected chi connectivity index (χ1v) is 6.23. The highest BCUT2D eigenvalue weighted by Crippen LogP contribution is 2.24. The average molecular weight is 258 g/mol. The molecule has 0 saturated heterocycles. The van der Waals surface area contributed by atoms with Gasteiger partial charge >= 0.3 is 0 Å².